The minimum Gasteiger partial charge on any atom is -0.475 e. The highest BCUT2D eigenvalue weighted by Crippen LogP contribution is 2.29. The number of amidine groups is 1. The van der Waals surface area contributed by atoms with Gasteiger partial charge >= 0.3 is 5.97 Å². The largest absolute Gasteiger partial charge is 0.475 e. The third-order valence-corrected chi connectivity index (χ3v) is 2.45. The fourth-order valence-corrected chi connectivity index (χ4v) is 1.61. The lowest BCUT2D eigenvalue weighted by Gasteiger charge is -2.05. The van der Waals surface area contributed by atoms with Crippen LogP contribution in [-0.4, -0.2) is 16.9 Å². The highest BCUT2D eigenvalue weighted by atomic mass is 16.4. The van der Waals surface area contributed by atoms with Crippen molar-refractivity contribution in [3.8, 4) is 11.1 Å². The third-order valence-electron chi connectivity index (χ3n) is 2.45. The van der Waals surface area contributed by atoms with Crippen LogP contribution in [0.15, 0.2) is 59.6 Å². The number of aliphatic imine (C=N–C) groups is 1. The van der Waals surface area contributed by atoms with Crippen molar-refractivity contribution in [2.75, 3.05) is 0 Å². The van der Waals surface area contributed by atoms with Gasteiger partial charge in [-0.05, 0) is 11.6 Å². The summed E-state index contributed by atoms with van der Waals surface area (Å²) in [4.78, 5) is 14.6. The Kier molecular flexibility index (Phi) is 3.38. The number of nitrogens with two attached hydrogens (primary N) is 1. The molecule has 0 spiro atoms. The Morgan fingerprint density at radius 1 is 1.00 bits per heavy atom. The maximum absolute atomic E-state index is 10.7. The van der Waals surface area contributed by atoms with Crippen molar-refractivity contribution in [1.29, 1.82) is 0 Å². The Hall–Kier alpha value is -2.62. The van der Waals surface area contributed by atoms with Gasteiger partial charge in [0.05, 0.1) is 5.69 Å². The Morgan fingerprint density at radius 2 is 1.61 bits per heavy atom. The van der Waals surface area contributed by atoms with Crippen LogP contribution in [0.5, 0.6) is 0 Å². The van der Waals surface area contributed by atoms with Gasteiger partial charge in [-0.2, -0.15) is 0 Å². The number of rotatable bonds is 2. The summed E-state index contributed by atoms with van der Waals surface area (Å²) in [6, 6.07) is 16.9. The quantitative estimate of drug-likeness (QED) is 0.625. The normalized spacial score (nSPS) is 11.2. The zero-order valence-electron chi connectivity index (χ0n) is 9.58. The van der Waals surface area contributed by atoms with Crippen LogP contribution in [0.3, 0.4) is 0 Å². The van der Waals surface area contributed by atoms with Crippen molar-refractivity contribution in [3.63, 3.8) is 0 Å². The average molecular weight is 240 g/mol. The molecule has 4 nitrogen and oxygen atoms in total. The molecule has 0 atom stereocenters. The number of hydrogen-bond donors (Lipinski definition) is 2. The smallest absolute Gasteiger partial charge is 0.371 e. The van der Waals surface area contributed by atoms with Crippen LogP contribution in [0.4, 0.5) is 5.69 Å². The summed E-state index contributed by atoms with van der Waals surface area (Å²) in [6.07, 6.45) is 0. The molecule has 18 heavy (non-hydrogen) atoms. The van der Waals surface area contributed by atoms with E-state index in [1.165, 1.54) is 0 Å². The van der Waals surface area contributed by atoms with Crippen molar-refractivity contribution in [1.82, 2.24) is 0 Å². The van der Waals surface area contributed by atoms with E-state index in [1.807, 2.05) is 42.5 Å². The summed E-state index contributed by atoms with van der Waals surface area (Å²) in [5, 5.41) is 8.75. The molecule has 0 saturated heterocycles. The summed E-state index contributed by atoms with van der Waals surface area (Å²) in [5.74, 6) is -1.64. The van der Waals surface area contributed by atoms with Crippen molar-refractivity contribution in [2.45, 2.75) is 0 Å². The van der Waals surface area contributed by atoms with Gasteiger partial charge in [0.15, 0.2) is 0 Å². The number of nitrogens with zero attached hydrogens (tertiary/aromatic N) is 1. The second kappa shape index (κ2) is 5.14. The molecule has 0 aromatic heterocycles. The van der Waals surface area contributed by atoms with Crippen molar-refractivity contribution >= 4 is 17.5 Å². The number of benzene rings is 2. The maximum Gasteiger partial charge on any atom is 0.371 e. The van der Waals surface area contributed by atoms with E-state index in [9.17, 15) is 4.79 Å². The zero-order valence-corrected chi connectivity index (χ0v) is 9.58. The molecule has 3 N–H and O–H groups in total. The van der Waals surface area contributed by atoms with Crippen molar-refractivity contribution < 1.29 is 9.90 Å². The first kappa shape index (κ1) is 11.9. The van der Waals surface area contributed by atoms with Crippen LogP contribution in [0, 0.1) is 0 Å². The maximum atomic E-state index is 10.7. The SMILES string of the molecule is NC(=Nc1ccccc1-c1ccccc1)C(=O)O. The first-order chi connectivity index (χ1) is 8.68. The topological polar surface area (TPSA) is 75.7 Å². The second-order valence-electron chi connectivity index (χ2n) is 3.69. The van der Waals surface area contributed by atoms with Crippen molar-refractivity contribution in [3.05, 3.63) is 54.6 Å². The number of carbonyl (C=O) groups is 1. The number of para-hydroxylation sites is 1. The Bertz CT molecular complexity index is 592. The molecular weight excluding hydrogens is 228 g/mol. The molecular formula is C14H12N2O2. The van der Waals surface area contributed by atoms with Crippen LogP contribution in [0.1, 0.15) is 0 Å². The molecule has 0 aliphatic rings. The first-order valence-corrected chi connectivity index (χ1v) is 5.40. The fraction of sp³-hybridized carbons (Fsp3) is 0. The highest BCUT2D eigenvalue weighted by molar-refractivity contribution is 6.34. The number of carboxylic acid groups (broad SMARTS) is 1. The van der Waals surface area contributed by atoms with Gasteiger partial charge < -0.3 is 10.8 Å². The molecule has 2 aromatic rings. The van der Waals surface area contributed by atoms with E-state index < -0.39 is 11.8 Å². The lowest BCUT2D eigenvalue weighted by atomic mass is 10.0. The third kappa shape index (κ3) is 2.55. The van der Waals surface area contributed by atoms with E-state index in [2.05, 4.69) is 4.99 Å². The number of hydrogen-bond acceptors (Lipinski definition) is 2. The molecule has 0 aliphatic heterocycles. The van der Waals surface area contributed by atoms with Gasteiger partial charge in [-0.15, -0.1) is 0 Å². The Labute approximate surface area is 104 Å². The van der Waals surface area contributed by atoms with Crippen molar-refractivity contribution in [2.24, 2.45) is 10.7 Å². The molecule has 0 bridgehead atoms. The van der Waals surface area contributed by atoms with Gasteiger partial charge in [0.1, 0.15) is 0 Å². The van der Waals surface area contributed by atoms with E-state index in [1.54, 1.807) is 12.1 Å². The molecule has 0 radical (unpaired) electrons. The predicted octanol–water partition coefficient (Wildman–Crippen LogP) is 2.43. The molecule has 0 heterocycles. The summed E-state index contributed by atoms with van der Waals surface area (Å²) < 4.78 is 0. The lowest BCUT2D eigenvalue weighted by molar-refractivity contribution is -0.129. The van der Waals surface area contributed by atoms with Crippen LogP contribution < -0.4 is 5.73 Å². The molecule has 2 aromatic carbocycles. The minimum atomic E-state index is -1.22. The van der Waals surface area contributed by atoms with Crippen LogP contribution >= 0.6 is 0 Å². The van der Waals surface area contributed by atoms with Crippen LogP contribution in [0.25, 0.3) is 11.1 Å². The van der Waals surface area contributed by atoms with E-state index in [-0.39, 0.29) is 0 Å². The lowest BCUT2D eigenvalue weighted by Crippen LogP contribution is -2.22. The summed E-state index contributed by atoms with van der Waals surface area (Å²) in [6.45, 7) is 0. The second-order valence-corrected chi connectivity index (χ2v) is 3.69. The van der Waals surface area contributed by atoms with Crippen LogP contribution in [-0.2, 0) is 4.79 Å². The van der Waals surface area contributed by atoms with Gasteiger partial charge in [0, 0.05) is 5.56 Å². The molecule has 0 saturated carbocycles. The fourth-order valence-electron chi connectivity index (χ4n) is 1.61. The first-order valence-electron chi connectivity index (χ1n) is 5.40. The summed E-state index contributed by atoms with van der Waals surface area (Å²) in [7, 11) is 0. The monoisotopic (exact) mass is 240 g/mol. The molecule has 4 heteroatoms. The Balaban J connectivity index is 2.51. The van der Waals surface area contributed by atoms with Gasteiger partial charge in [-0.1, -0.05) is 48.5 Å². The standard InChI is InChI=1S/C14H12N2O2/c15-13(14(17)18)16-12-9-5-4-8-11(12)10-6-2-1-3-7-10/h1-9H,(H2,15,16)(H,17,18). The van der Waals surface area contributed by atoms with E-state index in [0.717, 1.165) is 11.1 Å². The number of aliphatic carboxylic acids is 1. The Morgan fingerprint density at radius 3 is 2.28 bits per heavy atom. The highest BCUT2D eigenvalue weighted by Gasteiger charge is 2.07. The van der Waals surface area contributed by atoms with E-state index in [4.69, 9.17) is 10.8 Å². The van der Waals surface area contributed by atoms with Crippen LogP contribution in [0.2, 0.25) is 0 Å². The van der Waals surface area contributed by atoms with Gasteiger partial charge in [0.2, 0.25) is 5.84 Å². The van der Waals surface area contributed by atoms with Gasteiger partial charge in [-0.3, -0.25) is 0 Å². The molecule has 0 fully saturated rings. The summed E-state index contributed by atoms with van der Waals surface area (Å²) >= 11 is 0. The predicted molar refractivity (Wildman–Crippen MR) is 70.8 cm³/mol. The minimum absolute atomic E-state index is 0.418. The molecule has 0 unspecified atom stereocenters. The average Bonchev–Trinajstić information content (AvgIpc) is 2.40. The molecule has 2 rings (SSSR count). The molecule has 0 aliphatic carbocycles. The summed E-state index contributed by atoms with van der Waals surface area (Å²) in [5.41, 5.74) is 7.71. The number of carboxylic acids is 1. The molecule has 90 valence electrons. The van der Waals surface area contributed by atoms with E-state index in [0.29, 0.717) is 5.69 Å². The van der Waals surface area contributed by atoms with Gasteiger partial charge in [-0.25, -0.2) is 9.79 Å². The molecule has 0 amide bonds. The van der Waals surface area contributed by atoms with Gasteiger partial charge in [0.25, 0.3) is 0 Å². The zero-order chi connectivity index (χ0) is 13.0. The van der Waals surface area contributed by atoms with E-state index >= 15 is 0 Å².